The van der Waals surface area contributed by atoms with Gasteiger partial charge in [0.1, 0.15) is 5.75 Å². The first kappa shape index (κ1) is 17.2. The molecule has 0 aliphatic heterocycles. The molecule has 0 aromatic heterocycles. The summed E-state index contributed by atoms with van der Waals surface area (Å²) in [5.41, 5.74) is 1.15. The third-order valence-corrected chi connectivity index (χ3v) is 3.45. The first-order chi connectivity index (χ1) is 11.2. The predicted octanol–water partition coefficient (Wildman–Crippen LogP) is 4.93. The molecule has 2 aromatic carbocycles. The van der Waals surface area contributed by atoms with Crippen molar-refractivity contribution in [3.8, 4) is 17.2 Å². The fourth-order valence-electron chi connectivity index (χ4n) is 2.11. The molecule has 0 atom stereocenters. The molecule has 3 nitrogen and oxygen atoms in total. The maximum Gasteiger partial charge on any atom is 0.161 e. The summed E-state index contributed by atoms with van der Waals surface area (Å²) in [6, 6.07) is 13.3. The number of methoxy groups -OCH3 is 1. The van der Waals surface area contributed by atoms with Crippen LogP contribution in [0.3, 0.4) is 0 Å². The van der Waals surface area contributed by atoms with Crippen molar-refractivity contribution in [2.45, 2.75) is 12.8 Å². The molecule has 4 heteroatoms. The van der Waals surface area contributed by atoms with Crippen LogP contribution in [0.4, 0.5) is 0 Å². The highest BCUT2D eigenvalue weighted by atomic mass is 35.5. The van der Waals surface area contributed by atoms with Crippen molar-refractivity contribution in [3.05, 3.63) is 65.7 Å². The summed E-state index contributed by atoms with van der Waals surface area (Å²) in [5.74, 6) is 2.24. The zero-order chi connectivity index (χ0) is 16.5. The summed E-state index contributed by atoms with van der Waals surface area (Å²) < 4.78 is 16.8. The molecule has 0 unspecified atom stereocenters. The van der Waals surface area contributed by atoms with Crippen LogP contribution in [-0.4, -0.2) is 20.3 Å². The van der Waals surface area contributed by atoms with E-state index in [0.717, 1.165) is 35.7 Å². The van der Waals surface area contributed by atoms with Gasteiger partial charge < -0.3 is 14.2 Å². The Bertz CT molecular complexity index is 640. The third-order valence-electron chi connectivity index (χ3n) is 3.22. The molecule has 0 amide bonds. The van der Waals surface area contributed by atoms with Crippen molar-refractivity contribution >= 4 is 11.6 Å². The molecule has 0 fully saturated rings. The van der Waals surface area contributed by atoms with E-state index in [-0.39, 0.29) is 0 Å². The predicted molar refractivity (Wildman–Crippen MR) is 94.0 cm³/mol. The Labute approximate surface area is 142 Å². The van der Waals surface area contributed by atoms with E-state index >= 15 is 0 Å². The minimum absolute atomic E-state index is 0.553. The van der Waals surface area contributed by atoms with Gasteiger partial charge in [-0.3, -0.25) is 0 Å². The van der Waals surface area contributed by atoms with E-state index in [0.29, 0.717) is 18.2 Å². The second-order valence-electron chi connectivity index (χ2n) is 4.99. The number of ether oxygens (including phenoxy) is 3. The van der Waals surface area contributed by atoms with Crippen molar-refractivity contribution in [3.63, 3.8) is 0 Å². The van der Waals surface area contributed by atoms with Gasteiger partial charge in [-0.1, -0.05) is 29.8 Å². The molecule has 0 bridgehead atoms. The summed E-state index contributed by atoms with van der Waals surface area (Å²) in [4.78, 5) is 0. The topological polar surface area (TPSA) is 27.7 Å². The minimum atomic E-state index is 0.553. The number of halogens is 1. The second kappa shape index (κ2) is 9.11. The molecule has 2 rings (SSSR count). The largest absolute Gasteiger partial charge is 0.493 e. The molecule has 0 aliphatic rings. The van der Waals surface area contributed by atoms with Gasteiger partial charge in [-0.2, -0.15) is 0 Å². The van der Waals surface area contributed by atoms with Gasteiger partial charge in [-0.05, 0) is 42.3 Å². The number of hydrogen-bond acceptors (Lipinski definition) is 3. The lowest BCUT2D eigenvalue weighted by atomic mass is 10.1. The molecular weight excluding hydrogens is 312 g/mol. The van der Waals surface area contributed by atoms with Crippen LogP contribution in [0.25, 0.3) is 0 Å². The molecule has 2 aromatic rings. The smallest absolute Gasteiger partial charge is 0.161 e. The average Bonchev–Trinajstić information content (AvgIpc) is 2.56. The van der Waals surface area contributed by atoms with Crippen LogP contribution < -0.4 is 14.2 Å². The van der Waals surface area contributed by atoms with Crippen LogP contribution in [0, 0.1) is 0 Å². The molecular formula is C19H21ClO3. The molecule has 0 saturated heterocycles. The zero-order valence-corrected chi connectivity index (χ0v) is 14.0. The van der Waals surface area contributed by atoms with Gasteiger partial charge in [-0.25, -0.2) is 0 Å². The second-order valence-corrected chi connectivity index (χ2v) is 5.42. The molecule has 0 N–H and O–H groups in total. The highest BCUT2D eigenvalue weighted by Gasteiger charge is 2.05. The lowest BCUT2D eigenvalue weighted by Crippen LogP contribution is -2.05. The van der Waals surface area contributed by atoms with Gasteiger partial charge in [0, 0.05) is 11.4 Å². The Hall–Kier alpha value is -2.13. The fourth-order valence-corrected chi connectivity index (χ4v) is 2.29. The van der Waals surface area contributed by atoms with Crippen molar-refractivity contribution in [1.82, 2.24) is 0 Å². The lowest BCUT2D eigenvalue weighted by Gasteiger charge is -2.12. The van der Waals surface area contributed by atoms with Crippen LogP contribution in [0.1, 0.15) is 12.0 Å². The average molecular weight is 333 g/mol. The zero-order valence-electron chi connectivity index (χ0n) is 13.3. The van der Waals surface area contributed by atoms with Crippen LogP contribution in [-0.2, 0) is 6.42 Å². The standard InChI is InChI=1S/C19H21ClO3/c1-3-6-15-9-10-18(19(13-15)21-2)23-12-5-11-22-17-8-4-7-16(20)14-17/h3-4,7-10,13-14H,1,5-6,11-12H2,2H3. The van der Waals surface area contributed by atoms with E-state index < -0.39 is 0 Å². The quantitative estimate of drug-likeness (QED) is 0.481. The molecule has 0 heterocycles. The van der Waals surface area contributed by atoms with Gasteiger partial charge in [0.25, 0.3) is 0 Å². The van der Waals surface area contributed by atoms with Gasteiger partial charge in [-0.15, -0.1) is 6.58 Å². The summed E-state index contributed by atoms with van der Waals surface area (Å²) in [6.07, 6.45) is 3.44. The minimum Gasteiger partial charge on any atom is -0.493 e. The first-order valence-corrected chi connectivity index (χ1v) is 7.89. The number of allylic oxidation sites excluding steroid dienone is 1. The van der Waals surface area contributed by atoms with E-state index in [1.807, 2.05) is 42.5 Å². The highest BCUT2D eigenvalue weighted by Crippen LogP contribution is 2.28. The third kappa shape index (κ3) is 5.53. The Morgan fingerprint density at radius 2 is 1.87 bits per heavy atom. The monoisotopic (exact) mass is 332 g/mol. The fraction of sp³-hybridized carbons (Fsp3) is 0.263. The van der Waals surface area contributed by atoms with Crippen LogP contribution in [0.5, 0.6) is 17.2 Å². The molecule has 122 valence electrons. The summed E-state index contributed by atoms with van der Waals surface area (Å²) in [7, 11) is 1.64. The molecule has 0 aliphatic carbocycles. The normalized spacial score (nSPS) is 10.2. The van der Waals surface area contributed by atoms with Crippen molar-refractivity contribution in [2.75, 3.05) is 20.3 Å². The Morgan fingerprint density at radius 3 is 2.61 bits per heavy atom. The van der Waals surface area contributed by atoms with Crippen molar-refractivity contribution < 1.29 is 14.2 Å². The molecule has 23 heavy (non-hydrogen) atoms. The SMILES string of the molecule is C=CCc1ccc(OCCCOc2cccc(Cl)c2)c(OC)c1. The Balaban J connectivity index is 1.78. The van der Waals surface area contributed by atoms with E-state index in [9.17, 15) is 0 Å². The number of benzene rings is 2. The first-order valence-electron chi connectivity index (χ1n) is 7.52. The maximum atomic E-state index is 5.91. The van der Waals surface area contributed by atoms with Crippen LogP contribution in [0.2, 0.25) is 5.02 Å². The molecule has 0 saturated carbocycles. The van der Waals surface area contributed by atoms with Gasteiger partial charge in [0.05, 0.1) is 20.3 Å². The number of hydrogen-bond donors (Lipinski definition) is 0. The number of rotatable bonds is 9. The molecule has 0 radical (unpaired) electrons. The van der Waals surface area contributed by atoms with Gasteiger partial charge in [0.15, 0.2) is 11.5 Å². The Kier molecular flexibility index (Phi) is 6.82. The van der Waals surface area contributed by atoms with E-state index in [4.69, 9.17) is 25.8 Å². The van der Waals surface area contributed by atoms with Gasteiger partial charge in [0.2, 0.25) is 0 Å². The van der Waals surface area contributed by atoms with Crippen LogP contribution in [0.15, 0.2) is 55.1 Å². The molecule has 0 spiro atoms. The Morgan fingerprint density at radius 1 is 1.04 bits per heavy atom. The summed E-state index contributed by atoms with van der Waals surface area (Å²) in [5, 5.41) is 0.670. The van der Waals surface area contributed by atoms with E-state index in [2.05, 4.69) is 6.58 Å². The maximum absolute atomic E-state index is 5.91. The van der Waals surface area contributed by atoms with E-state index in [1.54, 1.807) is 13.2 Å². The summed E-state index contributed by atoms with van der Waals surface area (Å²) in [6.45, 7) is 4.86. The van der Waals surface area contributed by atoms with Crippen LogP contribution >= 0.6 is 11.6 Å². The van der Waals surface area contributed by atoms with Crippen molar-refractivity contribution in [1.29, 1.82) is 0 Å². The van der Waals surface area contributed by atoms with Crippen molar-refractivity contribution in [2.24, 2.45) is 0 Å². The summed E-state index contributed by atoms with van der Waals surface area (Å²) >= 11 is 5.91. The highest BCUT2D eigenvalue weighted by molar-refractivity contribution is 6.30. The van der Waals surface area contributed by atoms with E-state index in [1.165, 1.54) is 0 Å². The lowest BCUT2D eigenvalue weighted by molar-refractivity contribution is 0.240. The van der Waals surface area contributed by atoms with Gasteiger partial charge >= 0.3 is 0 Å².